The van der Waals surface area contributed by atoms with E-state index in [4.69, 9.17) is 9.15 Å². The number of furan rings is 1. The van der Waals surface area contributed by atoms with E-state index in [1.165, 1.54) is 18.4 Å². The molecule has 2 aromatic carbocycles. The summed E-state index contributed by atoms with van der Waals surface area (Å²) in [7, 11) is 1.32. The molecule has 0 bridgehead atoms. The van der Waals surface area contributed by atoms with Gasteiger partial charge in [0.25, 0.3) is 0 Å². The fourth-order valence-corrected chi connectivity index (χ4v) is 3.80. The van der Waals surface area contributed by atoms with Gasteiger partial charge in [-0.1, -0.05) is 30.3 Å². The number of nitrogens with one attached hydrogen (secondary N) is 1. The third kappa shape index (κ3) is 2.84. The van der Waals surface area contributed by atoms with Gasteiger partial charge in [0, 0.05) is 10.9 Å². The molecule has 0 saturated carbocycles. The van der Waals surface area contributed by atoms with E-state index < -0.39 is 5.97 Å². The summed E-state index contributed by atoms with van der Waals surface area (Å²) in [4.78, 5) is 24.6. The predicted molar refractivity (Wildman–Crippen MR) is 102 cm³/mol. The van der Waals surface area contributed by atoms with E-state index in [9.17, 15) is 9.59 Å². The summed E-state index contributed by atoms with van der Waals surface area (Å²) >= 11 is 1.23. The smallest absolute Gasteiger partial charge is 0.350 e. The van der Waals surface area contributed by atoms with Crippen LogP contribution in [0.25, 0.3) is 21.7 Å². The molecule has 0 fully saturated rings. The van der Waals surface area contributed by atoms with Crippen molar-refractivity contribution in [3.8, 4) is 0 Å². The Morgan fingerprint density at radius 3 is 2.85 bits per heavy atom. The Morgan fingerprint density at radius 2 is 2.00 bits per heavy atom. The Kier molecular flexibility index (Phi) is 4.18. The molecule has 26 heavy (non-hydrogen) atoms. The predicted octanol–water partition coefficient (Wildman–Crippen LogP) is 4.62. The zero-order chi connectivity index (χ0) is 18.1. The Bertz CT molecular complexity index is 1130. The second-order valence-electron chi connectivity index (χ2n) is 5.80. The van der Waals surface area contributed by atoms with E-state index >= 15 is 0 Å². The van der Waals surface area contributed by atoms with Gasteiger partial charge in [-0.15, -0.1) is 11.3 Å². The van der Waals surface area contributed by atoms with Crippen LogP contribution in [0, 0.1) is 0 Å². The van der Waals surface area contributed by atoms with Crippen LogP contribution >= 0.6 is 11.3 Å². The highest BCUT2D eigenvalue weighted by Gasteiger charge is 2.17. The van der Waals surface area contributed by atoms with Crippen LogP contribution in [0.1, 0.15) is 15.2 Å². The van der Waals surface area contributed by atoms with Crippen molar-refractivity contribution in [1.29, 1.82) is 0 Å². The number of rotatable bonds is 4. The summed E-state index contributed by atoms with van der Waals surface area (Å²) in [5.41, 5.74) is 2.02. The molecular formula is C20H15NO4S. The lowest BCUT2D eigenvalue weighted by atomic mass is 10.0. The molecule has 1 N–H and O–H groups in total. The molecule has 0 aliphatic heterocycles. The standard InChI is InChI=1S/C20H15NO4S/c1-24-20(23)19-15(8-9-26-19)21-17(22)10-13-11-25-16-7-6-12-4-2-3-5-14(12)18(13)16/h2-9,11H,10H2,1H3,(H,21,22). The summed E-state index contributed by atoms with van der Waals surface area (Å²) in [6.07, 6.45) is 1.77. The van der Waals surface area contributed by atoms with E-state index in [2.05, 4.69) is 5.32 Å². The van der Waals surface area contributed by atoms with Gasteiger partial charge in [0.2, 0.25) is 5.91 Å². The van der Waals surface area contributed by atoms with Crippen LogP contribution in [-0.2, 0) is 16.0 Å². The number of carbonyl (C=O) groups excluding carboxylic acids is 2. The number of esters is 1. The van der Waals surface area contributed by atoms with E-state index in [0.717, 1.165) is 27.3 Å². The highest BCUT2D eigenvalue weighted by Crippen LogP contribution is 2.30. The minimum atomic E-state index is -0.463. The van der Waals surface area contributed by atoms with Crippen LogP contribution in [-0.4, -0.2) is 19.0 Å². The lowest BCUT2D eigenvalue weighted by Gasteiger charge is -2.06. The minimum absolute atomic E-state index is 0.150. The molecule has 1 amide bonds. The first-order valence-corrected chi connectivity index (χ1v) is 8.89. The minimum Gasteiger partial charge on any atom is -0.465 e. The molecule has 130 valence electrons. The number of ether oxygens (including phenoxy) is 1. The summed E-state index contributed by atoms with van der Waals surface area (Å²) in [5.74, 6) is -0.681. The molecule has 2 aromatic heterocycles. The second-order valence-corrected chi connectivity index (χ2v) is 6.72. The van der Waals surface area contributed by atoms with Crippen LogP contribution in [0.4, 0.5) is 5.69 Å². The summed E-state index contributed by atoms with van der Waals surface area (Å²) in [5, 5.41) is 7.61. The lowest BCUT2D eigenvalue weighted by Crippen LogP contribution is -2.15. The van der Waals surface area contributed by atoms with Gasteiger partial charge >= 0.3 is 5.97 Å². The number of carbonyl (C=O) groups is 2. The molecule has 0 aliphatic carbocycles. The Hall–Kier alpha value is -3.12. The molecule has 0 spiro atoms. The van der Waals surface area contributed by atoms with Crippen LogP contribution in [0.3, 0.4) is 0 Å². The van der Waals surface area contributed by atoms with Crippen molar-refractivity contribution in [2.75, 3.05) is 12.4 Å². The maximum Gasteiger partial charge on any atom is 0.350 e. The first-order chi connectivity index (χ1) is 12.7. The SMILES string of the molecule is COC(=O)c1sccc1NC(=O)Cc1coc2ccc3ccccc3c12. The van der Waals surface area contributed by atoms with Gasteiger partial charge in [-0.25, -0.2) is 4.79 Å². The van der Waals surface area contributed by atoms with Crippen molar-refractivity contribution in [3.63, 3.8) is 0 Å². The summed E-state index contributed by atoms with van der Waals surface area (Å²) in [6.45, 7) is 0. The molecule has 0 atom stereocenters. The van der Waals surface area contributed by atoms with E-state index in [1.54, 1.807) is 17.7 Å². The van der Waals surface area contributed by atoms with E-state index in [0.29, 0.717) is 10.6 Å². The first kappa shape index (κ1) is 16.4. The summed E-state index contributed by atoms with van der Waals surface area (Å²) in [6, 6.07) is 13.6. The summed E-state index contributed by atoms with van der Waals surface area (Å²) < 4.78 is 10.4. The van der Waals surface area contributed by atoms with Crippen molar-refractivity contribution in [1.82, 2.24) is 0 Å². The zero-order valence-electron chi connectivity index (χ0n) is 13.9. The monoisotopic (exact) mass is 365 g/mol. The Labute approximate surface area is 153 Å². The molecule has 0 saturated heterocycles. The van der Waals surface area contributed by atoms with Crippen LogP contribution in [0.15, 0.2) is 58.5 Å². The number of amides is 1. The Morgan fingerprint density at radius 1 is 1.15 bits per heavy atom. The van der Waals surface area contributed by atoms with Gasteiger partial charge in [0.05, 0.1) is 25.5 Å². The third-order valence-corrected chi connectivity index (χ3v) is 5.10. The van der Waals surface area contributed by atoms with Crippen molar-refractivity contribution in [2.45, 2.75) is 6.42 Å². The van der Waals surface area contributed by atoms with E-state index in [1.807, 2.05) is 36.4 Å². The normalized spacial score (nSPS) is 11.0. The van der Waals surface area contributed by atoms with Crippen molar-refractivity contribution in [2.24, 2.45) is 0 Å². The maximum absolute atomic E-state index is 12.5. The number of anilines is 1. The van der Waals surface area contributed by atoms with Gasteiger partial charge in [0.15, 0.2) is 0 Å². The average molecular weight is 365 g/mol. The number of hydrogen-bond donors (Lipinski definition) is 1. The maximum atomic E-state index is 12.5. The molecule has 5 nitrogen and oxygen atoms in total. The van der Waals surface area contributed by atoms with Crippen LogP contribution in [0.2, 0.25) is 0 Å². The van der Waals surface area contributed by atoms with Gasteiger partial charge in [-0.2, -0.15) is 0 Å². The largest absolute Gasteiger partial charge is 0.465 e. The molecular weight excluding hydrogens is 350 g/mol. The number of thiophene rings is 1. The fourth-order valence-electron chi connectivity index (χ4n) is 3.03. The number of hydrogen-bond acceptors (Lipinski definition) is 5. The van der Waals surface area contributed by atoms with Gasteiger partial charge in [0.1, 0.15) is 10.5 Å². The third-order valence-electron chi connectivity index (χ3n) is 4.20. The topological polar surface area (TPSA) is 68.5 Å². The van der Waals surface area contributed by atoms with Crippen molar-refractivity contribution < 1.29 is 18.7 Å². The van der Waals surface area contributed by atoms with Crippen LogP contribution in [0.5, 0.6) is 0 Å². The molecule has 2 heterocycles. The highest BCUT2D eigenvalue weighted by molar-refractivity contribution is 7.12. The van der Waals surface area contributed by atoms with Gasteiger partial charge < -0.3 is 14.5 Å². The average Bonchev–Trinajstić information content (AvgIpc) is 3.28. The number of benzene rings is 2. The number of fused-ring (bicyclic) bond motifs is 3. The van der Waals surface area contributed by atoms with E-state index in [-0.39, 0.29) is 12.3 Å². The lowest BCUT2D eigenvalue weighted by molar-refractivity contribution is -0.115. The molecule has 0 unspecified atom stereocenters. The molecule has 6 heteroatoms. The molecule has 4 aromatic rings. The fraction of sp³-hybridized carbons (Fsp3) is 0.100. The molecule has 0 radical (unpaired) electrons. The quantitative estimate of drug-likeness (QED) is 0.536. The molecule has 0 aliphatic rings. The Balaban J connectivity index is 1.64. The zero-order valence-corrected chi connectivity index (χ0v) is 14.8. The molecule has 4 rings (SSSR count). The van der Waals surface area contributed by atoms with Crippen molar-refractivity contribution >= 4 is 50.6 Å². The first-order valence-electron chi connectivity index (χ1n) is 8.01. The van der Waals surface area contributed by atoms with Gasteiger partial charge in [-0.3, -0.25) is 4.79 Å². The van der Waals surface area contributed by atoms with Crippen molar-refractivity contribution in [3.05, 3.63) is 64.5 Å². The highest BCUT2D eigenvalue weighted by atomic mass is 32.1. The van der Waals surface area contributed by atoms with Crippen LogP contribution < -0.4 is 5.32 Å². The number of methoxy groups -OCH3 is 1. The van der Waals surface area contributed by atoms with Gasteiger partial charge in [-0.05, 0) is 28.3 Å². The second kappa shape index (κ2) is 6.65.